The number of carbonyl (C=O) groups is 1. The van der Waals surface area contributed by atoms with E-state index in [1.165, 1.54) is 0 Å². The summed E-state index contributed by atoms with van der Waals surface area (Å²) in [6.45, 7) is 6.07. The molecule has 13 heavy (non-hydrogen) atoms. The van der Waals surface area contributed by atoms with Gasteiger partial charge in [0.05, 0.1) is 5.69 Å². The summed E-state index contributed by atoms with van der Waals surface area (Å²) in [6.07, 6.45) is 1.42. The van der Waals surface area contributed by atoms with Gasteiger partial charge in [0.15, 0.2) is 0 Å². The molecule has 3 nitrogen and oxygen atoms in total. The van der Waals surface area contributed by atoms with Gasteiger partial charge < -0.3 is 9.32 Å². The van der Waals surface area contributed by atoms with Crippen molar-refractivity contribution in [1.29, 1.82) is 0 Å². The van der Waals surface area contributed by atoms with Gasteiger partial charge in [0, 0.05) is 24.3 Å². The Kier molecular flexibility index (Phi) is 3.23. The van der Waals surface area contributed by atoms with Crippen LogP contribution in [0.1, 0.15) is 50.5 Å². The minimum atomic E-state index is 0.161. The van der Waals surface area contributed by atoms with Crippen molar-refractivity contribution in [1.82, 2.24) is 5.16 Å². The maximum absolute atomic E-state index is 10.3. The van der Waals surface area contributed by atoms with Gasteiger partial charge in [-0.1, -0.05) is 25.9 Å². The van der Waals surface area contributed by atoms with Gasteiger partial charge in [0.25, 0.3) is 0 Å². The lowest BCUT2D eigenvalue weighted by atomic mass is 10.0. The quantitative estimate of drug-likeness (QED) is 0.670. The molecular formula is C10H15NO2. The molecule has 0 saturated carbocycles. The summed E-state index contributed by atoms with van der Waals surface area (Å²) in [7, 11) is 0. The highest BCUT2D eigenvalue weighted by atomic mass is 16.5. The Morgan fingerprint density at radius 2 is 2.23 bits per heavy atom. The third-order valence-corrected chi connectivity index (χ3v) is 2.07. The molecule has 0 aliphatic rings. The van der Waals surface area contributed by atoms with Crippen LogP contribution < -0.4 is 0 Å². The summed E-state index contributed by atoms with van der Waals surface area (Å²) >= 11 is 0. The van der Waals surface area contributed by atoms with Crippen molar-refractivity contribution in [3.63, 3.8) is 0 Å². The van der Waals surface area contributed by atoms with E-state index in [0.717, 1.165) is 17.7 Å². The molecule has 1 heterocycles. The first-order chi connectivity index (χ1) is 6.15. The fraction of sp³-hybridized carbons (Fsp3) is 0.600. The zero-order valence-electron chi connectivity index (χ0n) is 8.28. The highest BCUT2D eigenvalue weighted by molar-refractivity contribution is 5.51. The van der Waals surface area contributed by atoms with Gasteiger partial charge in [0.2, 0.25) is 0 Å². The van der Waals surface area contributed by atoms with Crippen LogP contribution in [0.4, 0.5) is 0 Å². The summed E-state index contributed by atoms with van der Waals surface area (Å²) < 4.78 is 5.13. The topological polar surface area (TPSA) is 43.1 Å². The third kappa shape index (κ3) is 2.41. The van der Waals surface area contributed by atoms with Crippen molar-refractivity contribution in [3.8, 4) is 0 Å². The number of nitrogens with zero attached hydrogens (tertiary/aromatic N) is 1. The molecule has 3 heteroatoms. The predicted molar refractivity (Wildman–Crippen MR) is 49.7 cm³/mol. The molecule has 72 valence electrons. The summed E-state index contributed by atoms with van der Waals surface area (Å²) in [6, 6.07) is 1.93. The first-order valence-electron chi connectivity index (χ1n) is 4.55. The van der Waals surface area contributed by atoms with E-state index >= 15 is 0 Å². The van der Waals surface area contributed by atoms with Crippen molar-refractivity contribution in [2.24, 2.45) is 0 Å². The van der Waals surface area contributed by atoms with Crippen LogP contribution >= 0.6 is 0 Å². The van der Waals surface area contributed by atoms with Crippen molar-refractivity contribution in [2.45, 2.75) is 39.0 Å². The average Bonchev–Trinajstić information content (AvgIpc) is 2.52. The van der Waals surface area contributed by atoms with E-state index in [2.05, 4.69) is 19.0 Å². The number of aromatic nitrogens is 1. The normalized spacial score (nSPS) is 13.2. The zero-order valence-corrected chi connectivity index (χ0v) is 8.28. The lowest BCUT2D eigenvalue weighted by Crippen LogP contribution is -1.93. The van der Waals surface area contributed by atoms with Crippen LogP contribution in [0.5, 0.6) is 0 Å². The summed E-state index contributed by atoms with van der Waals surface area (Å²) in [4.78, 5) is 10.3. The molecule has 0 bridgehead atoms. The summed E-state index contributed by atoms with van der Waals surface area (Å²) in [5.74, 6) is 1.39. The van der Waals surface area contributed by atoms with Crippen molar-refractivity contribution >= 4 is 6.29 Å². The maximum atomic E-state index is 10.3. The monoisotopic (exact) mass is 181 g/mol. The first-order valence-corrected chi connectivity index (χ1v) is 4.55. The molecule has 0 aliphatic carbocycles. The second-order valence-corrected chi connectivity index (χ2v) is 3.61. The molecule has 0 aliphatic heterocycles. The van der Waals surface area contributed by atoms with Crippen molar-refractivity contribution < 1.29 is 9.32 Å². The Bertz CT molecular complexity index is 278. The zero-order chi connectivity index (χ0) is 9.84. The van der Waals surface area contributed by atoms with Gasteiger partial charge >= 0.3 is 0 Å². The van der Waals surface area contributed by atoms with Gasteiger partial charge in [-0.3, -0.25) is 0 Å². The van der Waals surface area contributed by atoms with E-state index < -0.39 is 0 Å². The third-order valence-electron chi connectivity index (χ3n) is 2.07. The number of carbonyl (C=O) groups excluding carboxylic acids is 1. The number of hydrogen-bond donors (Lipinski definition) is 0. The molecule has 1 rings (SSSR count). The Morgan fingerprint density at radius 1 is 1.54 bits per heavy atom. The van der Waals surface area contributed by atoms with Gasteiger partial charge in [0.1, 0.15) is 12.0 Å². The molecule has 0 spiro atoms. The highest BCUT2D eigenvalue weighted by Crippen LogP contribution is 2.21. The van der Waals surface area contributed by atoms with Crippen molar-refractivity contribution in [3.05, 3.63) is 17.5 Å². The van der Waals surface area contributed by atoms with Gasteiger partial charge in [-0.25, -0.2) is 0 Å². The number of aldehydes is 1. The summed E-state index contributed by atoms with van der Waals surface area (Å²) in [5.41, 5.74) is 0.871. The Balaban J connectivity index is 2.73. The van der Waals surface area contributed by atoms with E-state index in [9.17, 15) is 4.79 Å². The molecule has 1 aromatic rings. The highest BCUT2D eigenvalue weighted by Gasteiger charge is 2.12. The molecule has 1 unspecified atom stereocenters. The lowest BCUT2D eigenvalue weighted by molar-refractivity contribution is -0.108. The lowest BCUT2D eigenvalue weighted by Gasteiger charge is -1.99. The molecule has 0 saturated heterocycles. The smallest absolute Gasteiger partial charge is 0.139 e. The van der Waals surface area contributed by atoms with Crippen LogP contribution in [0.2, 0.25) is 0 Å². The molecule has 0 radical (unpaired) electrons. The fourth-order valence-corrected chi connectivity index (χ4v) is 1.07. The molecule has 1 aromatic heterocycles. The van der Waals surface area contributed by atoms with E-state index in [1.807, 2.05) is 13.0 Å². The molecule has 0 amide bonds. The van der Waals surface area contributed by atoms with Crippen LogP contribution in [-0.2, 0) is 4.79 Å². The second kappa shape index (κ2) is 4.21. The fourth-order valence-electron chi connectivity index (χ4n) is 1.07. The molecule has 0 N–H and O–H groups in total. The number of hydrogen-bond acceptors (Lipinski definition) is 3. The van der Waals surface area contributed by atoms with E-state index in [0.29, 0.717) is 12.3 Å². The van der Waals surface area contributed by atoms with E-state index in [-0.39, 0.29) is 5.92 Å². The number of rotatable bonds is 4. The molecule has 0 fully saturated rings. The maximum Gasteiger partial charge on any atom is 0.139 e. The van der Waals surface area contributed by atoms with Gasteiger partial charge in [-0.2, -0.15) is 0 Å². The van der Waals surface area contributed by atoms with Crippen LogP contribution in [0.25, 0.3) is 0 Å². The standard InChI is InChI=1S/C10H15NO2/c1-7(2)10-6-9(11-13-10)8(3)4-5-12/h5-8H,4H2,1-3H3. The van der Waals surface area contributed by atoms with Crippen molar-refractivity contribution in [2.75, 3.05) is 0 Å². The molecule has 0 aromatic carbocycles. The van der Waals surface area contributed by atoms with Crippen LogP contribution in [-0.4, -0.2) is 11.4 Å². The minimum Gasteiger partial charge on any atom is -0.361 e. The summed E-state index contributed by atoms with van der Waals surface area (Å²) in [5, 5.41) is 3.92. The predicted octanol–water partition coefficient (Wildman–Crippen LogP) is 2.49. The van der Waals surface area contributed by atoms with Crippen LogP contribution in [0, 0.1) is 0 Å². The largest absolute Gasteiger partial charge is 0.361 e. The average molecular weight is 181 g/mol. The first kappa shape index (κ1) is 9.96. The van der Waals surface area contributed by atoms with Crippen LogP contribution in [0.15, 0.2) is 10.6 Å². The Hall–Kier alpha value is -1.12. The molecule has 1 atom stereocenters. The van der Waals surface area contributed by atoms with Crippen LogP contribution in [0.3, 0.4) is 0 Å². The molecular weight excluding hydrogens is 166 g/mol. The minimum absolute atomic E-state index is 0.161. The van der Waals surface area contributed by atoms with E-state index in [4.69, 9.17) is 4.52 Å². The van der Waals surface area contributed by atoms with Gasteiger partial charge in [-0.05, 0) is 0 Å². The van der Waals surface area contributed by atoms with E-state index in [1.54, 1.807) is 0 Å². The Morgan fingerprint density at radius 3 is 2.69 bits per heavy atom. The Labute approximate surface area is 78.1 Å². The van der Waals surface area contributed by atoms with Gasteiger partial charge in [-0.15, -0.1) is 0 Å². The second-order valence-electron chi connectivity index (χ2n) is 3.61. The SMILES string of the molecule is CC(C)c1cc(C(C)CC=O)no1.